The van der Waals surface area contributed by atoms with Crippen molar-refractivity contribution in [2.45, 2.75) is 45.5 Å². The summed E-state index contributed by atoms with van der Waals surface area (Å²) < 4.78 is 42.7. The van der Waals surface area contributed by atoms with Gasteiger partial charge in [-0.3, -0.25) is 4.79 Å². The highest BCUT2D eigenvalue weighted by Gasteiger charge is 2.30. The third-order valence-corrected chi connectivity index (χ3v) is 2.75. The van der Waals surface area contributed by atoms with Crippen LogP contribution in [0.3, 0.4) is 0 Å². The third-order valence-electron chi connectivity index (χ3n) is 2.75. The van der Waals surface area contributed by atoms with Crippen molar-refractivity contribution in [2.24, 2.45) is 0 Å². The van der Waals surface area contributed by atoms with Gasteiger partial charge >= 0.3 is 6.18 Å². The molecule has 1 unspecified atom stereocenters. The monoisotopic (exact) mass is 303 g/mol. The molecule has 1 rings (SSSR count). The summed E-state index contributed by atoms with van der Waals surface area (Å²) in [4.78, 5) is 11.7. The number of carbonyl (C=O) groups excluding carboxylic acids is 1. The number of benzene rings is 1. The second-order valence-electron chi connectivity index (χ2n) is 5.81. The molecule has 118 valence electrons. The summed E-state index contributed by atoms with van der Waals surface area (Å²) in [6.45, 7) is 7.12. The Morgan fingerprint density at radius 1 is 1.19 bits per heavy atom. The topological polar surface area (TPSA) is 38.3 Å². The Balaban J connectivity index is 2.59. The van der Waals surface area contributed by atoms with Gasteiger partial charge in [0.15, 0.2) is 0 Å². The van der Waals surface area contributed by atoms with E-state index in [1.807, 2.05) is 20.8 Å². The first-order valence-electron chi connectivity index (χ1n) is 6.59. The first-order valence-corrected chi connectivity index (χ1v) is 6.59. The maximum Gasteiger partial charge on any atom is 0.416 e. The van der Waals surface area contributed by atoms with Crippen molar-refractivity contribution in [3.8, 4) is 0 Å². The van der Waals surface area contributed by atoms with Gasteiger partial charge in [-0.2, -0.15) is 13.2 Å². The highest BCUT2D eigenvalue weighted by Crippen LogP contribution is 2.29. The molecular formula is C15H20F3NO2. The molecule has 1 amide bonds. The van der Waals surface area contributed by atoms with Gasteiger partial charge in [0, 0.05) is 0 Å². The molecule has 21 heavy (non-hydrogen) atoms. The van der Waals surface area contributed by atoms with E-state index in [1.165, 1.54) is 12.1 Å². The second kappa shape index (κ2) is 6.47. The van der Waals surface area contributed by atoms with Gasteiger partial charge in [-0.25, -0.2) is 0 Å². The maximum absolute atomic E-state index is 12.5. The standard InChI is InChI=1S/C15H20F3NO2/c1-10(19-13(20)9-21-14(2,3)4)11-5-7-12(8-6-11)15(16,17)18/h5-8,10H,9H2,1-4H3,(H,19,20). The number of carbonyl (C=O) groups is 1. The van der Waals surface area contributed by atoms with Crippen LogP contribution in [0.1, 0.15) is 44.9 Å². The SMILES string of the molecule is CC(NC(=O)COC(C)(C)C)c1ccc(C(F)(F)F)cc1. The average molecular weight is 303 g/mol. The second-order valence-corrected chi connectivity index (χ2v) is 5.81. The van der Waals surface area contributed by atoms with Gasteiger partial charge in [0.05, 0.1) is 17.2 Å². The van der Waals surface area contributed by atoms with E-state index in [0.717, 1.165) is 12.1 Å². The van der Waals surface area contributed by atoms with Crippen LogP contribution in [0.5, 0.6) is 0 Å². The van der Waals surface area contributed by atoms with E-state index >= 15 is 0 Å². The predicted molar refractivity (Wildman–Crippen MR) is 73.7 cm³/mol. The van der Waals surface area contributed by atoms with Crippen molar-refractivity contribution >= 4 is 5.91 Å². The first kappa shape index (κ1) is 17.5. The Kier molecular flexibility index (Phi) is 5.39. The third kappa shape index (κ3) is 6.16. The van der Waals surface area contributed by atoms with E-state index in [0.29, 0.717) is 5.56 Å². The number of halogens is 3. The summed E-state index contributed by atoms with van der Waals surface area (Å²) in [5.41, 5.74) is -0.525. The summed E-state index contributed by atoms with van der Waals surface area (Å²) in [5.74, 6) is -0.308. The van der Waals surface area contributed by atoms with E-state index in [1.54, 1.807) is 6.92 Å². The summed E-state index contributed by atoms with van der Waals surface area (Å²) in [6.07, 6.45) is -4.36. The number of amides is 1. The molecule has 3 nitrogen and oxygen atoms in total. The van der Waals surface area contributed by atoms with Crippen molar-refractivity contribution in [2.75, 3.05) is 6.61 Å². The lowest BCUT2D eigenvalue weighted by Gasteiger charge is -2.20. The van der Waals surface area contributed by atoms with E-state index in [4.69, 9.17) is 4.74 Å². The molecule has 0 radical (unpaired) electrons. The average Bonchev–Trinajstić information content (AvgIpc) is 2.34. The summed E-state index contributed by atoms with van der Waals surface area (Å²) in [5, 5.41) is 2.68. The Morgan fingerprint density at radius 2 is 1.71 bits per heavy atom. The molecule has 0 aromatic heterocycles. The minimum Gasteiger partial charge on any atom is -0.366 e. The lowest BCUT2D eigenvalue weighted by molar-refractivity contribution is -0.137. The van der Waals surface area contributed by atoms with Gasteiger partial charge in [0.2, 0.25) is 5.91 Å². The van der Waals surface area contributed by atoms with E-state index < -0.39 is 17.3 Å². The quantitative estimate of drug-likeness (QED) is 0.921. The minimum absolute atomic E-state index is 0.0888. The van der Waals surface area contributed by atoms with Crippen LogP contribution in [0, 0.1) is 0 Å². The molecule has 1 atom stereocenters. The fraction of sp³-hybridized carbons (Fsp3) is 0.533. The fourth-order valence-corrected chi connectivity index (χ4v) is 1.61. The molecule has 1 aromatic rings. The lowest BCUT2D eigenvalue weighted by atomic mass is 10.1. The zero-order valence-corrected chi connectivity index (χ0v) is 12.5. The van der Waals surface area contributed by atoms with Crippen LogP contribution in [0.25, 0.3) is 0 Å². The summed E-state index contributed by atoms with van der Waals surface area (Å²) in [6, 6.07) is 4.34. The van der Waals surface area contributed by atoms with E-state index in [9.17, 15) is 18.0 Å². The van der Waals surface area contributed by atoms with Gasteiger partial charge < -0.3 is 10.1 Å². The molecule has 6 heteroatoms. The Morgan fingerprint density at radius 3 is 2.14 bits per heavy atom. The zero-order chi connectivity index (χ0) is 16.3. The Labute approximate surface area is 122 Å². The Hall–Kier alpha value is -1.56. The number of rotatable bonds is 4. The molecule has 0 saturated carbocycles. The summed E-state index contributed by atoms with van der Waals surface area (Å²) >= 11 is 0. The Bertz CT molecular complexity index is 475. The molecular weight excluding hydrogens is 283 g/mol. The van der Waals surface area contributed by atoms with Crippen molar-refractivity contribution < 1.29 is 22.7 Å². The highest BCUT2D eigenvalue weighted by atomic mass is 19.4. The zero-order valence-electron chi connectivity index (χ0n) is 12.5. The molecule has 0 saturated heterocycles. The highest BCUT2D eigenvalue weighted by molar-refractivity contribution is 5.77. The predicted octanol–water partition coefficient (Wildman–Crippen LogP) is 3.70. The number of ether oxygens (including phenoxy) is 1. The fourth-order valence-electron chi connectivity index (χ4n) is 1.61. The van der Waals surface area contributed by atoms with Crippen LogP contribution in [0.15, 0.2) is 24.3 Å². The molecule has 0 aliphatic carbocycles. The van der Waals surface area contributed by atoms with Crippen molar-refractivity contribution in [1.82, 2.24) is 5.32 Å². The molecule has 1 aromatic carbocycles. The number of hydrogen-bond acceptors (Lipinski definition) is 2. The number of hydrogen-bond donors (Lipinski definition) is 1. The maximum atomic E-state index is 12.5. The van der Waals surface area contributed by atoms with E-state index in [-0.39, 0.29) is 18.6 Å². The van der Waals surface area contributed by atoms with Crippen LogP contribution in [-0.4, -0.2) is 18.1 Å². The summed E-state index contributed by atoms with van der Waals surface area (Å²) in [7, 11) is 0. The van der Waals surface area contributed by atoms with Crippen LogP contribution >= 0.6 is 0 Å². The number of nitrogens with one attached hydrogen (secondary N) is 1. The van der Waals surface area contributed by atoms with Crippen molar-refractivity contribution in [3.05, 3.63) is 35.4 Å². The smallest absolute Gasteiger partial charge is 0.366 e. The van der Waals surface area contributed by atoms with Crippen LogP contribution in [-0.2, 0) is 15.7 Å². The van der Waals surface area contributed by atoms with Gasteiger partial charge in [-0.1, -0.05) is 12.1 Å². The normalized spacial score (nSPS) is 13.9. The lowest BCUT2D eigenvalue weighted by Crippen LogP contribution is -2.33. The van der Waals surface area contributed by atoms with Crippen molar-refractivity contribution in [3.63, 3.8) is 0 Å². The molecule has 1 N–H and O–H groups in total. The van der Waals surface area contributed by atoms with Crippen LogP contribution < -0.4 is 5.32 Å². The molecule has 0 heterocycles. The van der Waals surface area contributed by atoms with Crippen molar-refractivity contribution in [1.29, 1.82) is 0 Å². The van der Waals surface area contributed by atoms with E-state index in [2.05, 4.69) is 5.32 Å². The van der Waals surface area contributed by atoms with Gasteiger partial charge in [0.1, 0.15) is 6.61 Å². The van der Waals surface area contributed by atoms with Crippen LogP contribution in [0.2, 0.25) is 0 Å². The first-order chi connectivity index (χ1) is 9.49. The van der Waals surface area contributed by atoms with Gasteiger partial charge in [0.25, 0.3) is 0 Å². The minimum atomic E-state index is -4.36. The molecule has 0 aliphatic heterocycles. The molecule has 0 fully saturated rings. The molecule has 0 aliphatic rings. The number of alkyl halides is 3. The molecule has 0 spiro atoms. The van der Waals surface area contributed by atoms with Gasteiger partial charge in [-0.15, -0.1) is 0 Å². The van der Waals surface area contributed by atoms with Gasteiger partial charge in [-0.05, 0) is 45.4 Å². The van der Waals surface area contributed by atoms with Crippen LogP contribution in [0.4, 0.5) is 13.2 Å². The molecule has 0 bridgehead atoms. The largest absolute Gasteiger partial charge is 0.416 e.